The van der Waals surface area contributed by atoms with Gasteiger partial charge in [-0.05, 0) is 50.0 Å². The van der Waals surface area contributed by atoms with Crippen LogP contribution in [0.15, 0.2) is 18.2 Å². The third-order valence-corrected chi connectivity index (χ3v) is 3.51. The zero-order valence-corrected chi connectivity index (χ0v) is 10.7. The summed E-state index contributed by atoms with van der Waals surface area (Å²) >= 11 is 6.04. The Kier molecular flexibility index (Phi) is 3.72. The molecular weight excluding hydrogens is 220 g/mol. The summed E-state index contributed by atoms with van der Waals surface area (Å²) in [7, 11) is 2.15. The molecule has 1 atom stereocenters. The van der Waals surface area contributed by atoms with E-state index in [1.54, 1.807) is 0 Å². The van der Waals surface area contributed by atoms with Crippen LogP contribution in [0, 0.1) is 12.8 Å². The van der Waals surface area contributed by atoms with E-state index < -0.39 is 0 Å². The third-order valence-electron chi connectivity index (χ3n) is 3.28. The molecule has 0 aliphatic carbocycles. The molecule has 0 bridgehead atoms. The van der Waals surface area contributed by atoms with E-state index in [9.17, 15) is 0 Å². The molecule has 0 saturated carbocycles. The second kappa shape index (κ2) is 5.07. The van der Waals surface area contributed by atoms with Crippen LogP contribution in [-0.2, 0) is 0 Å². The largest absolute Gasteiger partial charge is 0.374 e. The van der Waals surface area contributed by atoms with E-state index in [0.717, 1.165) is 30.6 Å². The van der Waals surface area contributed by atoms with Crippen molar-refractivity contribution < 1.29 is 0 Å². The molecule has 0 aromatic heterocycles. The highest BCUT2D eigenvalue weighted by molar-refractivity contribution is 6.30. The predicted molar refractivity (Wildman–Crippen MR) is 70.4 cm³/mol. The number of nitrogens with one attached hydrogen (secondary N) is 1. The fraction of sp³-hybridized carbons (Fsp3) is 0.538. The van der Waals surface area contributed by atoms with Gasteiger partial charge in [0.05, 0.1) is 0 Å². The molecule has 1 aliphatic heterocycles. The topological polar surface area (TPSA) is 15.3 Å². The van der Waals surface area contributed by atoms with Crippen molar-refractivity contribution in [2.45, 2.75) is 13.3 Å². The maximum absolute atomic E-state index is 6.04. The van der Waals surface area contributed by atoms with Gasteiger partial charge in [0.2, 0.25) is 0 Å². The summed E-state index contributed by atoms with van der Waals surface area (Å²) < 4.78 is 0. The first-order valence-corrected chi connectivity index (χ1v) is 6.22. The Balaban J connectivity index is 2.07. The Labute approximate surface area is 103 Å². The Morgan fingerprint density at radius 3 is 3.00 bits per heavy atom. The molecule has 1 N–H and O–H groups in total. The standard InChI is InChI=1S/C13H19ClN2/c1-10-3-4-12(14)7-13(10)16(2)9-11-5-6-15-8-11/h3-4,7,11,15H,5-6,8-9H2,1-2H3. The first-order valence-electron chi connectivity index (χ1n) is 5.85. The van der Waals surface area contributed by atoms with Gasteiger partial charge in [-0.1, -0.05) is 17.7 Å². The van der Waals surface area contributed by atoms with Crippen LogP contribution in [0.25, 0.3) is 0 Å². The van der Waals surface area contributed by atoms with Gasteiger partial charge in [-0.2, -0.15) is 0 Å². The molecule has 16 heavy (non-hydrogen) atoms. The minimum Gasteiger partial charge on any atom is -0.374 e. The van der Waals surface area contributed by atoms with Crippen molar-refractivity contribution in [3.63, 3.8) is 0 Å². The number of nitrogens with zero attached hydrogens (tertiary/aromatic N) is 1. The Bertz CT molecular complexity index is 359. The van der Waals surface area contributed by atoms with Crippen LogP contribution in [0.3, 0.4) is 0 Å². The summed E-state index contributed by atoms with van der Waals surface area (Å²) in [5.74, 6) is 0.767. The molecule has 2 rings (SSSR count). The smallest absolute Gasteiger partial charge is 0.0426 e. The lowest BCUT2D eigenvalue weighted by Crippen LogP contribution is -2.27. The molecule has 1 fully saturated rings. The fourth-order valence-electron chi connectivity index (χ4n) is 2.35. The molecule has 1 unspecified atom stereocenters. The van der Waals surface area contributed by atoms with Gasteiger partial charge in [0.15, 0.2) is 0 Å². The van der Waals surface area contributed by atoms with E-state index in [-0.39, 0.29) is 0 Å². The van der Waals surface area contributed by atoms with Crippen molar-refractivity contribution in [3.05, 3.63) is 28.8 Å². The number of hydrogen-bond acceptors (Lipinski definition) is 2. The number of hydrogen-bond donors (Lipinski definition) is 1. The van der Waals surface area contributed by atoms with Gasteiger partial charge < -0.3 is 10.2 Å². The van der Waals surface area contributed by atoms with Gasteiger partial charge in [-0.25, -0.2) is 0 Å². The highest BCUT2D eigenvalue weighted by Crippen LogP contribution is 2.24. The van der Waals surface area contributed by atoms with E-state index in [1.165, 1.54) is 17.7 Å². The monoisotopic (exact) mass is 238 g/mol. The van der Waals surface area contributed by atoms with Gasteiger partial charge in [0.1, 0.15) is 0 Å². The Morgan fingerprint density at radius 2 is 2.31 bits per heavy atom. The lowest BCUT2D eigenvalue weighted by Gasteiger charge is -2.24. The molecule has 1 heterocycles. The van der Waals surface area contributed by atoms with Crippen LogP contribution in [-0.4, -0.2) is 26.7 Å². The molecule has 0 spiro atoms. The van der Waals surface area contributed by atoms with Gasteiger partial charge in [0, 0.05) is 24.3 Å². The zero-order chi connectivity index (χ0) is 11.5. The van der Waals surface area contributed by atoms with Crippen molar-refractivity contribution in [1.82, 2.24) is 5.32 Å². The average Bonchev–Trinajstić information content (AvgIpc) is 2.74. The minimum absolute atomic E-state index is 0.767. The summed E-state index contributed by atoms with van der Waals surface area (Å²) in [6.07, 6.45) is 1.28. The number of benzene rings is 1. The van der Waals surface area contributed by atoms with Crippen molar-refractivity contribution in [1.29, 1.82) is 0 Å². The van der Waals surface area contributed by atoms with E-state index in [0.29, 0.717) is 0 Å². The maximum Gasteiger partial charge on any atom is 0.0426 e. The number of rotatable bonds is 3. The lowest BCUT2D eigenvalue weighted by atomic mass is 10.1. The first-order chi connectivity index (χ1) is 7.66. The Morgan fingerprint density at radius 1 is 1.50 bits per heavy atom. The second-order valence-electron chi connectivity index (χ2n) is 4.67. The molecule has 0 radical (unpaired) electrons. The van der Waals surface area contributed by atoms with Crippen molar-refractivity contribution >= 4 is 17.3 Å². The fourth-order valence-corrected chi connectivity index (χ4v) is 2.52. The molecule has 2 nitrogen and oxygen atoms in total. The summed E-state index contributed by atoms with van der Waals surface area (Å²) in [6.45, 7) is 5.54. The normalized spacial score (nSPS) is 20.1. The van der Waals surface area contributed by atoms with Crippen LogP contribution in [0.5, 0.6) is 0 Å². The number of anilines is 1. The molecule has 1 saturated heterocycles. The van der Waals surface area contributed by atoms with Crippen LogP contribution < -0.4 is 10.2 Å². The molecule has 88 valence electrons. The summed E-state index contributed by atoms with van der Waals surface area (Å²) in [5, 5.41) is 4.22. The van der Waals surface area contributed by atoms with Crippen LogP contribution in [0.2, 0.25) is 5.02 Å². The minimum atomic E-state index is 0.767. The molecule has 3 heteroatoms. The van der Waals surface area contributed by atoms with Gasteiger partial charge >= 0.3 is 0 Å². The number of aryl methyl sites for hydroxylation is 1. The van der Waals surface area contributed by atoms with Gasteiger partial charge in [0.25, 0.3) is 0 Å². The summed E-state index contributed by atoms with van der Waals surface area (Å²) in [5.41, 5.74) is 2.54. The van der Waals surface area contributed by atoms with E-state index in [2.05, 4.69) is 36.3 Å². The van der Waals surface area contributed by atoms with E-state index in [1.807, 2.05) is 6.07 Å². The van der Waals surface area contributed by atoms with Gasteiger partial charge in [-0.3, -0.25) is 0 Å². The molecule has 1 aliphatic rings. The highest BCUT2D eigenvalue weighted by atomic mass is 35.5. The van der Waals surface area contributed by atoms with Crippen molar-refractivity contribution in [2.24, 2.45) is 5.92 Å². The first kappa shape index (κ1) is 11.7. The summed E-state index contributed by atoms with van der Waals surface area (Å²) in [4.78, 5) is 2.32. The van der Waals surface area contributed by atoms with E-state index >= 15 is 0 Å². The van der Waals surface area contributed by atoms with Crippen molar-refractivity contribution in [2.75, 3.05) is 31.6 Å². The molecule has 1 aromatic rings. The SMILES string of the molecule is Cc1ccc(Cl)cc1N(C)CC1CCNC1. The average molecular weight is 239 g/mol. The number of halogens is 1. The lowest BCUT2D eigenvalue weighted by molar-refractivity contribution is 0.578. The molecular formula is C13H19ClN2. The third kappa shape index (κ3) is 2.69. The second-order valence-corrected chi connectivity index (χ2v) is 5.11. The zero-order valence-electron chi connectivity index (χ0n) is 9.96. The van der Waals surface area contributed by atoms with Gasteiger partial charge in [-0.15, -0.1) is 0 Å². The van der Waals surface area contributed by atoms with Crippen LogP contribution >= 0.6 is 11.6 Å². The molecule has 1 aromatic carbocycles. The Hall–Kier alpha value is -0.730. The van der Waals surface area contributed by atoms with Crippen LogP contribution in [0.4, 0.5) is 5.69 Å². The summed E-state index contributed by atoms with van der Waals surface area (Å²) in [6, 6.07) is 6.09. The maximum atomic E-state index is 6.04. The predicted octanol–water partition coefficient (Wildman–Crippen LogP) is 2.69. The highest BCUT2D eigenvalue weighted by Gasteiger charge is 2.17. The van der Waals surface area contributed by atoms with Crippen LogP contribution in [0.1, 0.15) is 12.0 Å². The molecule has 0 amide bonds. The van der Waals surface area contributed by atoms with Crippen molar-refractivity contribution in [3.8, 4) is 0 Å². The van der Waals surface area contributed by atoms with E-state index in [4.69, 9.17) is 11.6 Å². The quantitative estimate of drug-likeness (QED) is 0.871.